The molecule has 0 spiro atoms. The zero-order valence-electron chi connectivity index (χ0n) is 12.9. The number of likely N-dealkylation sites (tertiary alicyclic amines) is 1. The number of hydrogen-bond acceptors (Lipinski definition) is 5. The maximum atomic E-state index is 12.3. The van der Waals surface area contributed by atoms with Crippen molar-refractivity contribution in [3.05, 3.63) is 0 Å². The molecule has 1 heterocycles. The number of hydrogen-bond donors (Lipinski definition) is 5. The lowest BCUT2D eigenvalue weighted by Gasteiger charge is -2.37. The first kappa shape index (κ1) is 18.2. The highest BCUT2D eigenvalue weighted by Gasteiger charge is 2.36. The minimum absolute atomic E-state index is 0.121. The van der Waals surface area contributed by atoms with Crippen molar-refractivity contribution in [1.82, 2.24) is 10.3 Å². The number of nitrogens with zero attached hydrogens (tertiary/aromatic N) is 2. The Morgan fingerprint density at radius 3 is 2.77 bits per heavy atom. The summed E-state index contributed by atoms with van der Waals surface area (Å²) in [6.45, 7) is 2.83. The lowest BCUT2D eigenvalue weighted by Crippen LogP contribution is -2.54. The minimum Gasteiger partial charge on any atom is -0.480 e. The summed E-state index contributed by atoms with van der Waals surface area (Å²) in [7, 11) is 0. The predicted octanol–water partition coefficient (Wildman–Crippen LogP) is -1.42. The van der Waals surface area contributed by atoms with Gasteiger partial charge in [0, 0.05) is 13.1 Å². The summed E-state index contributed by atoms with van der Waals surface area (Å²) in [6.07, 6.45) is 2.25. The molecule has 22 heavy (non-hydrogen) atoms. The fourth-order valence-corrected chi connectivity index (χ4v) is 2.53. The average Bonchev–Trinajstić information content (AvgIpc) is 2.50. The summed E-state index contributed by atoms with van der Waals surface area (Å²) < 4.78 is 0. The molecule has 0 aliphatic carbocycles. The quantitative estimate of drug-likeness (QED) is 0.132. The molecule has 1 fully saturated rings. The SMILES string of the molecule is C[C@@H]1CCN(C(=O)[C@@H](N)CCCN=C(N)NN)[C@@H](C(=O)O)C1. The van der Waals surface area contributed by atoms with Crippen LogP contribution in [0.3, 0.4) is 0 Å². The molecule has 1 amide bonds. The van der Waals surface area contributed by atoms with Crippen LogP contribution in [0.15, 0.2) is 4.99 Å². The van der Waals surface area contributed by atoms with Crippen LogP contribution < -0.4 is 22.7 Å². The zero-order chi connectivity index (χ0) is 16.7. The third kappa shape index (κ3) is 5.15. The zero-order valence-corrected chi connectivity index (χ0v) is 12.9. The number of amides is 1. The molecule has 0 saturated carbocycles. The van der Waals surface area contributed by atoms with Crippen LogP contribution in [-0.2, 0) is 9.59 Å². The van der Waals surface area contributed by atoms with E-state index in [4.69, 9.17) is 17.3 Å². The number of hydrazine groups is 1. The number of nitrogens with two attached hydrogens (primary N) is 3. The van der Waals surface area contributed by atoms with Gasteiger partial charge in [-0.2, -0.15) is 0 Å². The largest absolute Gasteiger partial charge is 0.480 e. The average molecular weight is 314 g/mol. The summed E-state index contributed by atoms with van der Waals surface area (Å²) in [5.41, 5.74) is 13.5. The van der Waals surface area contributed by atoms with Gasteiger partial charge < -0.3 is 21.5 Å². The fourth-order valence-electron chi connectivity index (χ4n) is 2.53. The van der Waals surface area contributed by atoms with E-state index in [1.807, 2.05) is 6.92 Å². The standard InChI is InChI=1S/C13H26N6O3/c1-8-4-6-19(10(7-8)12(21)22)11(20)9(14)3-2-5-17-13(15)18-16/h8-10H,2-7,14,16H2,1H3,(H,21,22)(H3,15,17,18)/t8-,9+,10-/m1/s1. The number of nitrogens with one attached hydrogen (secondary N) is 1. The van der Waals surface area contributed by atoms with Gasteiger partial charge >= 0.3 is 5.97 Å². The van der Waals surface area contributed by atoms with E-state index in [1.165, 1.54) is 4.90 Å². The van der Waals surface area contributed by atoms with E-state index in [-0.39, 0.29) is 11.9 Å². The van der Waals surface area contributed by atoms with Gasteiger partial charge in [-0.3, -0.25) is 15.2 Å². The van der Waals surface area contributed by atoms with Crippen LogP contribution in [0.2, 0.25) is 0 Å². The highest BCUT2D eigenvalue weighted by atomic mass is 16.4. The second-order valence-electron chi connectivity index (χ2n) is 5.68. The van der Waals surface area contributed by atoms with Crippen LogP contribution in [0.5, 0.6) is 0 Å². The van der Waals surface area contributed by atoms with E-state index in [1.54, 1.807) is 0 Å². The van der Waals surface area contributed by atoms with Crippen molar-refractivity contribution in [2.75, 3.05) is 13.1 Å². The third-order valence-corrected chi connectivity index (χ3v) is 3.85. The molecule has 9 nitrogen and oxygen atoms in total. The molecule has 9 heteroatoms. The molecule has 126 valence electrons. The molecule has 0 aromatic carbocycles. The second kappa shape index (κ2) is 8.54. The number of guanidine groups is 1. The van der Waals surface area contributed by atoms with Gasteiger partial charge in [0.25, 0.3) is 0 Å². The van der Waals surface area contributed by atoms with Crippen molar-refractivity contribution in [1.29, 1.82) is 0 Å². The summed E-state index contributed by atoms with van der Waals surface area (Å²) in [4.78, 5) is 29.0. The maximum absolute atomic E-state index is 12.3. The second-order valence-corrected chi connectivity index (χ2v) is 5.68. The van der Waals surface area contributed by atoms with E-state index in [0.717, 1.165) is 6.42 Å². The Kier molecular flexibility index (Phi) is 7.06. The molecule has 0 aromatic heterocycles. The van der Waals surface area contributed by atoms with E-state index in [2.05, 4.69) is 10.4 Å². The number of carboxylic acid groups (broad SMARTS) is 1. The van der Waals surface area contributed by atoms with Crippen LogP contribution in [0.1, 0.15) is 32.6 Å². The summed E-state index contributed by atoms with van der Waals surface area (Å²) >= 11 is 0. The predicted molar refractivity (Wildman–Crippen MR) is 82.6 cm³/mol. The number of piperidine rings is 1. The molecular weight excluding hydrogens is 288 g/mol. The van der Waals surface area contributed by atoms with Gasteiger partial charge in [-0.05, 0) is 31.6 Å². The summed E-state index contributed by atoms with van der Waals surface area (Å²) in [5.74, 6) is 4.20. The number of aliphatic imine (C=N–C) groups is 1. The molecule has 1 rings (SSSR count). The van der Waals surface area contributed by atoms with Gasteiger partial charge in [0.05, 0.1) is 6.04 Å². The highest BCUT2D eigenvalue weighted by molar-refractivity contribution is 5.87. The van der Waals surface area contributed by atoms with Gasteiger partial charge in [0.15, 0.2) is 0 Å². The maximum Gasteiger partial charge on any atom is 0.326 e. The number of aliphatic carboxylic acids is 1. The van der Waals surface area contributed by atoms with Crippen LogP contribution in [0, 0.1) is 5.92 Å². The summed E-state index contributed by atoms with van der Waals surface area (Å²) in [5, 5.41) is 9.27. The van der Waals surface area contributed by atoms with Crippen molar-refractivity contribution >= 4 is 17.8 Å². The van der Waals surface area contributed by atoms with Crippen LogP contribution in [-0.4, -0.2) is 53.0 Å². The first-order valence-corrected chi connectivity index (χ1v) is 7.42. The first-order chi connectivity index (χ1) is 10.4. The normalized spacial score (nSPS) is 24.0. The highest BCUT2D eigenvalue weighted by Crippen LogP contribution is 2.23. The molecule has 1 aliphatic heterocycles. The minimum atomic E-state index is -0.974. The van der Waals surface area contributed by atoms with E-state index >= 15 is 0 Å². The van der Waals surface area contributed by atoms with Crippen LogP contribution in [0.25, 0.3) is 0 Å². The Balaban J connectivity index is 2.52. The van der Waals surface area contributed by atoms with E-state index in [0.29, 0.717) is 38.3 Å². The van der Waals surface area contributed by atoms with Gasteiger partial charge in [-0.1, -0.05) is 6.92 Å². The van der Waals surface area contributed by atoms with Crippen molar-refractivity contribution in [2.45, 2.75) is 44.7 Å². The van der Waals surface area contributed by atoms with Gasteiger partial charge in [-0.25, -0.2) is 10.6 Å². The van der Waals surface area contributed by atoms with Gasteiger partial charge in [0.2, 0.25) is 11.9 Å². The first-order valence-electron chi connectivity index (χ1n) is 7.42. The third-order valence-electron chi connectivity index (χ3n) is 3.85. The topological polar surface area (TPSA) is 160 Å². The number of carbonyl (C=O) groups excluding carboxylic acids is 1. The van der Waals surface area contributed by atoms with Gasteiger partial charge in [-0.15, -0.1) is 0 Å². The monoisotopic (exact) mass is 314 g/mol. The molecule has 0 radical (unpaired) electrons. The van der Waals surface area contributed by atoms with Crippen molar-refractivity contribution in [3.63, 3.8) is 0 Å². The molecule has 8 N–H and O–H groups in total. The summed E-state index contributed by atoms with van der Waals surface area (Å²) in [6, 6.07) is -1.50. The number of carbonyl (C=O) groups is 2. The molecule has 3 atom stereocenters. The Hall–Kier alpha value is -1.87. The van der Waals surface area contributed by atoms with E-state index < -0.39 is 18.1 Å². The van der Waals surface area contributed by atoms with Crippen LogP contribution >= 0.6 is 0 Å². The number of rotatable bonds is 6. The molecule has 1 saturated heterocycles. The molecule has 0 unspecified atom stereocenters. The van der Waals surface area contributed by atoms with Crippen molar-refractivity contribution < 1.29 is 14.7 Å². The Morgan fingerprint density at radius 2 is 2.18 bits per heavy atom. The Morgan fingerprint density at radius 1 is 1.50 bits per heavy atom. The smallest absolute Gasteiger partial charge is 0.326 e. The molecule has 1 aliphatic rings. The Bertz CT molecular complexity index is 428. The van der Waals surface area contributed by atoms with Crippen LogP contribution in [0.4, 0.5) is 0 Å². The molecule has 0 bridgehead atoms. The lowest BCUT2D eigenvalue weighted by molar-refractivity contribution is -0.153. The van der Waals surface area contributed by atoms with Gasteiger partial charge in [0.1, 0.15) is 6.04 Å². The van der Waals surface area contributed by atoms with E-state index in [9.17, 15) is 14.7 Å². The molecule has 0 aromatic rings. The van der Waals surface area contributed by atoms with Crippen molar-refractivity contribution in [3.8, 4) is 0 Å². The lowest BCUT2D eigenvalue weighted by atomic mass is 9.91. The number of carboxylic acids is 1. The molecular formula is C13H26N6O3. The fraction of sp³-hybridized carbons (Fsp3) is 0.769. The van der Waals surface area contributed by atoms with Crippen molar-refractivity contribution in [2.24, 2.45) is 28.2 Å². The Labute approximate surface area is 129 Å².